The molecule has 162 valence electrons. The third-order valence-corrected chi connectivity index (χ3v) is 6.65. The van der Waals surface area contributed by atoms with Gasteiger partial charge < -0.3 is 10.1 Å². The van der Waals surface area contributed by atoms with Crippen molar-refractivity contribution in [3.05, 3.63) is 39.6 Å². The number of nitrogens with zero attached hydrogens (tertiary/aromatic N) is 4. The Morgan fingerprint density at radius 1 is 1.30 bits per heavy atom. The monoisotopic (exact) mass is 487 g/mol. The number of thioether (sulfide) groups is 1. The fourth-order valence-corrected chi connectivity index (χ4v) is 5.05. The number of benzene rings is 1. The topological polar surface area (TPSA) is 81.4 Å². The number of hydrogen-bond donors (Lipinski definition) is 1. The molecule has 0 aliphatic heterocycles. The van der Waals surface area contributed by atoms with Crippen molar-refractivity contribution in [3.63, 3.8) is 0 Å². The highest BCUT2D eigenvalue weighted by Crippen LogP contribution is 2.32. The first kappa shape index (κ1) is 23.1. The number of carbonyl (C=O) groups is 1. The number of ether oxygens (including phenoxy) is 1. The van der Waals surface area contributed by atoms with Gasteiger partial charge in [-0.3, -0.25) is 0 Å². The van der Waals surface area contributed by atoms with Crippen LogP contribution < -0.4 is 5.32 Å². The molecule has 1 amide bonds. The van der Waals surface area contributed by atoms with E-state index in [0.29, 0.717) is 26.6 Å². The molecule has 3 rings (SSSR count). The van der Waals surface area contributed by atoms with Crippen LogP contribution in [-0.4, -0.2) is 31.5 Å². The number of hydrogen-bond acceptors (Lipinski definition) is 7. The molecular formula is C19H23Cl2N5O2S2. The number of alkyl carbamates (subject to hydrolysis) is 1. The highest BCUT2D eigenvalue weighted by atomic mass is 35.5. The molecule has 0 aliphatic carbocycles. The molecule has 2 heterocycles. The second-order valence-corrected chi connectivity index (χ2v) is 11.0. The van der Waals surface area contributed by atoms with E-state index in [1.807, 2.05) is 46.8 Å². The first-order valence-corrected chi connectivity index (χ1v) is 11.9. The number of nitrogens with one attached hydrogen (secondary N) is 1. The van der Waals surface area contributed by atoms with Gasteiger partial charge in [-0.2, -0.15) is 4.52 Å². The van der Waals surface area contributed by atoms with E-state index in [9.17, 15) is 4.79 Å². The Bertz CT molecular complexity index is 1050. The molecule has 30 heavy (non-hydrogen) atoms. The van der Waals surface area contributed by atoms with Crippen molar-refractivity contribution in [2.24, 2.45) is 5.92 Å². The van der Waals surface area contributed by atoms with Gasteiger partial charge in [-0.05, 0) is 44.4 Å². The van der Waals surface area contributed by atoms with Crippen LogP contribution in [0.2, 0.25) is 10.0 Å². The van der Waals surface area contributed by atoms with E-state index in [1.165, 1.54) is 11.3 Å². The second-order valence-electron chi connectivity index (χ2n) is 8.01. The summed E-state index contributed by atoms with van der Waals surface area (Å²) in [6.07, 6.45) is -0.500. The van der Waals surface area contributed by atoms with Crippen LogP contribution >= 0.6 is 46.3 Å². The molecular weight excluding hydrogens is 465 g/mol. The predicted octanol–water partition coefficient (Wildman–Crippen LogP) is 6.01. The number of rotatable bonds is 6. The van der Waals surface area contributed by atoms with Gasteiger partial charge in [0.15, 0.2) is 10.2 Å². The third-order valence-electron chi connectivity index (χ3n) is 3.98. The summed E-state index contributed by atoms with van der Waals surface area (Å²) in [6.45, 7) is 9.46. The molecule has 11 heteroatoms. The maximum Gasteiger partial charge on any atom is 0.408 e. The lowest BCUT2D eigenvalue weighted by atomic mass is 10.0. The van der Waals surface area contributed by atoms with E-state index in [0.717, 1.165) is 9.90 Å². The summed E-state index contributed by atoms with van der Waals surface area (Å²) < 4.78 is 7.89. The normalized spacial score (nSPS) is 13.1. The summed E-state index contributed by atoms with van der Waals surface area (Å²) in [5.74, 6) is 1.29. The van der Waals surface area contributed by atoms with E-state index in [4.69, 9.17) is 27.9 Å². The van der Waals surface area contributed by atoms with Gasteiger partial charge in [-0.25, -0.2) is 4.79 Å². The van der Waals surface area contributed by atoms with Crippen molar-refractivity contribution in [1.29, 1.82) is 0 Å². The van der Waals surface area contributed by atoms with Gasteiger partial charge in [0.05, 0.1) is 6.04 Å². The Labute approximate surface area is 193 Å². The Balaban J connectivity index is 1.77. The molecule has 0 fully saturated rings. The number of halogens is 2. The molecule has 1 atom stereocenters. The lowest BCUT2D eigenvalue weighted by Gasteiger charge is -2.24. The lowest BCUT2D eigenvalue weighted by Crippen LogP contribution is -2.37. The zero-order valence-electron chi connectivity index (χ0n) is 17.3. The fraction of sp³-hybridized carbons (Fsp3) is 0.474. The maximum absolute atomic E-state index is 12.3. The minimum Gasteiger partial charge on any atom is -0.444 e. The summed E-state index contributed by atoms with van der Waals surface area (Å²) in [6, 6.07) is 5.06. The average molecular weight is 488 g/mol. The average Bonchev–Trinajstić information content (AvgIpc) is 3.17. The standard InChI is InChI=1S/C19H23Cl2N5O2S2/c1-10(2)14(22-17(27)28-19(3,4)5)15-23-24-16-26(15)25-18(30-16)29-9-11-6-7-12(20)8-13(11)21/h6-8,10,14H,9H2,1-5H3,(H,22,27). The molecule has 1 unspecified atom stereocenters. The van der Waals surface area contributed by atoms with Crippen molar-refractivity contribution in [2.75, 3.05) is 0 Å². The first-order chi connectivity index (χ1) is 14.0. The van der Waals surface area contributed by atoms with Gasteiger partial charge in [0.2, 0.25) is 4.96 Å². The molecule has 1 aromatic carbocycles. The predicted molar refractivity (Wildman–Crippen MR) is 122 cm³/mol. The smallest absolute Gasteiger partial charge is 0.408 e. The minimum atomic E-state index is -0.584. The zero-order valence-corrected chi connectivity index (χ0v) is 20.4. The highest BCUT2D eigenvalue weighted by Gasteiger charge is 2.28. The third kappa shape index (κ3) is 5.78. The Morgan fingerprint density at radius 2 is 2.03 bits per heavy atom. The SMILES string of the molecule is CC(C)C(NC(=O)OC(C)(C)C)c1nnc2sc(SCc3ccc(Cl)cc3Cl)nn12. The van der Waals surface area contributed by atoms with Gasteiger partial charge >= 0.3 is 6.09 Å². The van der Waals surface area contributed by atoms with E-state index >= 15 is 0 Å². The van der Waals surface area contributed by atoms with Crippen molar-refractivity contribution in [2.45, 2.75) is 56.4 Å². The Morgan fingerprint density at radius 3 is 2.67 bits per heavy atom. The van der Waals surface area contributed by atoms with E-state index in [1.54, 1.807) is 22.3 Å². The summed E-state index contributed by atoms with van der Waals surface area (Å²) in [7, 11) is 0. The highest BCUT2D eigenvalue weighted by molar-refractivity contribution is 8.00. The van der Waals surface area contributed by atoms with Gasteiger partial charge in [0, 0.05) is 15.8 Å². The molecule has 1 N–H and O–H groups in total. The quantitative estimate of drug-likeness (QED) is 0.428. The molecule has 2 aromatic heterocycles. The lowest BCUT2D eigenvalue weighted by molar-refractivity contribution is 0.0486. The summed E-state index contributed by atoms with van der Waals surface area (Å²) in [5, 5.41) is 17.2. The molecule has 0 saturated heterocycles. The van der Waals surface area contributed by atoms with Gasteiger partial charge in [-0.1, -0.05) is 66.2 Å². The molecule has 0 bridgehead atoms. The maximum atomic E-state index is 12.3. The van der Waals surface area contributed by atoms with E-state index in [-0.39, 0.29) is 12.0 Å². The van der Waals surface area contributed by atoms with Crippen LogP contribution in [0.5, 0.6) is 0 Å². The van der Waals surface area contributed by atoms with Crippen LogP contribution in [0, 0.1) is 5.92 Å². The van der Waals surface area contributed by atoms with Crippen molar-refractivity contribution < 1.29 is 9.53 Å². The Kier molecular flexibility index (Phi) is 7.16. The van der Waals surface area contributed by atoms with Crippen LogP contribution in [-0.2, 0) is 10.5 Å². The number of amides is 1. The molecule has 0 saturated carbocycles. The fourth-order valence-electron chi connectivity index (χ4n) is 2.61. The van der Waals surface area contributed by atoms with Crippen LogP contribution in [0.3, 0.4) is 0 Å². The van der Waals surface area contributed by atoms with E-state index in [2.05, 4.69) is 20.6 Å². The number of aromatic nitrogens is 4. The van der Waals surface area contributed by atoms with Crippen LogP contribution in [0.1, 0.15) is 52.0 Å². The van der Waals surface area contributed by atoms with Crippen molar-refractivity contribution in [1.82, 2.24) is 25.1 Å². The molecule has 3 aromatic rings. The largest absolute Gasteiger partial charge is 0.444 e. The minimum absolute atomic E-state index is 0.0654. The van der Waals surface area contributed by atoms with Crippen LogP contribution in [0.15, 0.2) is 22.5 Å². The van der Waals surface area contributed by atoms with Gasteiger partial charge in [0.25, 0.3) is 0 Å². The summed E-state index contributed by atoms with van der Waals surface area (Å²) in [5.41, 5.74) is 0.392. The van der Waals surface area contributed by atoms with Crippen LogP contribution in [0.25, 0.3) is 4.96 Å². The molecule has 0 spiro atoms. The Hall–Kier alpha value is -1.55. The molecule has 0 aliphatic rings. The molecule has 0 radical (unpaired) electrons. The van der Waals surface area contributed by atoms with Gasteiger partial charge in [-0.15, -0.1) is 15.3 Å². The van der Waals surface area contributed by atoms with Crippen LogP contribution in [0.4, 0.5) is 4.79 Å². The van der Waals surface area contributed by atoms with Crippen molar-refractivity contribution >= 4 is 57.4 Å². The zero-order chi connectivity index (χ0) is 22.1. The first-order valence-electron chi connectivity index (χ1n) is 9.32. The number of fused-ring (bicyclic) bond motifs is 1. The number of carbonyl (C=O) groups excluding carboxylic acids is 1. The second kappa shape index (κ2) is 9.30. The summed E-state index contributed by atoms with van der Waals surface area (Å²) >= 11 is 15.2. The van der Waals surface area contributed by atoms with Crippen molar-refractivity contribution in [3.8, 4) is 0 Å². The van der Waals surface area contributed by atoms with Gasteiger partial charge in [0.1, 0.15) is 5.60 Å². The van der Waals surface area contributed by atoms with E-state index < -0.39 is 11.7 Å². The summed E-state index contributed by atoms with van der Waals surface area (Å²) in [4.78, 5) is 12.9. The molecule has 7 nitrogen and oxygen atoms in total.